The zero-order valence-corrected chi connectivity index (χ0v) is 12.1. The molecule has 0 fully saturated rings. The third kappa shape index (κ3) is 4.69. The van der Waals surface area contributed by atoms with E-state index in [1.54, 1.807) is 14.2 Å². The van der Waals surface area contributed by atoms with E-state index in [1.807, 2.05) is 18.2 Å². The average Bonchev–Trinajstić information content (AvgIpc) is 2.44. The summed E-state index contributed by atoms with van der Waals surface area (Å²) < 4.78 is 10.5. The molecular weight excluding hydrogens is 242 g/mol. The van der Waals surface area contributed by atoms with Gasteiger partial charge in [-0.15, -0.1) is 0 Å². The lowest BCUT2D eigenvalue weighted by Gasteiger charge is -2.12. The lowest BCUT2D eigenvalue weighted by Crippen LogP contribution is -2.38. The molecule has 0 saturated heterocycles. The highest BCUT2D eigenvalue weighted by Crippen LogP contribution is 2.24. The second kappa shape index (κ2) is 7.51. The molecule has 0 amide bonds. The molecule has 0 aromatic heterocycles. The maximum absolute atomic E-state index is 5.83. The van der Waals surface area contributed by atoms with E-state index in [0.29, 0.717) is 18.5 Å². The molecule has 3 N–H and O–H groups in total. The minimum absolute atomic E-state index is 0.316. The summed E-state index contributed by atoms with van der Waals surface area (Å²) >= 11 is 0. The maximum atomic E-state index is 5.83. The molecule has 0 heterocycles. The fourth-order valence-electron chi connectivity index (χ4n) is 1.58. The topological polar surface area (TPSA) is 68.9 Å². The largest absolute Gasteiger partial charge is 0.497 e. The summed E-state index contributed by atoms with van der Waals surface area (Å²) in [4.78, 5) is 4.31. The van der Waals surface area contributed by atoms with Gasteiger partial charge in [0.1, 0.15) is 11.5 Å². The van der Waals surface area contributed by atoms with Crippen LogP contribution < -0.4 is 20.5 Å². The first-order valence-corrected chi connectivity index (χ1v) is 6.38. The Kier molecular flexibility index (Phi) is 5.99. The van der Waals surface area contributed by atoms with Gasteiger partial charge >= 0.3 is 0 Å². The van der Waals surface area contributed by atoms with E-state index < -0.39 is 0 Å². The van der Waals surface area contributed by atoms with E-state index in [9.17, 15) is 0 Å². The van der Waals surface area contributed by atoms with Crippen LogP contribution in [0.4, 0.5) is 0 Å². The number of hydrogen-bond acceptors (Lipinski definition) is 3. The standard InChI is InChI=1S/C14H23N3O2/c1-5-10(2)17-14(15)16-9-11-8-12(18-3)6-7-13(11)19-4/h6-8,10H,5,9H2,1-4H3,(H3,15,16,17)/t10-/m0/s1. The second-order valence-corrected chi connectivity index (χ2v) is 4.33. The highest BCUT2D eigenvalue weighted by atomic mass is 16.5. The molecule has 1 atom stereocenters. The minimum Gasteiger partial charge on any atom is -0.497 e. The van der Waals surface area contributed by atoms with Crippen LogP contribution in [0.2, 0.25) is 0 Å². The van der Waals surface area contributed by atoms with E-state index in [4.69, 9.17) is 15.2 Å². The molecule has 0 aliphatic rings. The van der Waals surface area contributed by atoms with Crippen molar-refractivity contribution in [2.45, 2.75) is 32.9 Å². The molecule has 19 heavy (non-hydrogen) atoms. The van der Waals surface area contributed by atoms with Crippen LogP contribution in [0.15, 0.2) is 23.2 Å². The number of hydrogen-bond donors (Lipinski definition) is 2. The highest BCUT2D eigenvalue weighted by molar-refractivity contribution is 5.78. The van der Waals surface area contributed by atoms with Crippen molar-refractivity contribution < 1.29 is 9.47 Å². The first-order valence-electron chi connectivity index (χ1n) is 6.38. The normalized spacial score (nSPS) is 12.9. The molecule has 0 saturated carbocycles. The smallest absolute Gasteiger partial charge is 0.189 e. The number of benzene rings is 1. The number of methoxy groups -OCH3 is 2. The summed E-state index contributed by atoms with van der Waals surface area (Å²) in [6, 6.07) is 5.93. The molecule has 0 aliphatic carbocycles. The van der Waals surface area contributed by atoms with Gasteiger partial charge in [0.05, 0.1) is 20.8 Å². The average molecular weight is 265 g/mol. The van der Waals surface area contributed by atoms with Gasteiger partial charge in [0, 0.05) is 11.6 Å². The lowest BCUT2D eigenvalue weighted by molar-refractivity contribution is 0.399. The Balaban J connectivity index is 2.77. The Bertz CT molecular complexity index is 433. The molecule has 0 radical (unpaired) electrons. The van der Waals surface area contributed by atoms with E-state index in [2.05, 4.69) is 24.2 Å². The van der Waals surface area contributed by atoms with Crippen molar-refractivity contribution in [2.24, 2.45) is 10.7 Å². The maximum Gasteiger partial charge on any atom is 0.189 e. The van der Waals surface area contributed by atoms with Crippen LogP contribution >= 0.6 is 0 Å². The number of nitrogens with two attached hydrogens (primary N) is 1. The quantitative estimate of drug-likeness (QED) is 0.609. The Morgan fingerprint density at radius 1 is 1.37 bits per heavy atom. The van der Waals surface area contributed by atoms with Gasteiger partial charge in [-0.05, 0) is 31.5 Å². The molecule has 0 bridgehead atoms. The van der Waals surface area contributed by atoms with Crippen molar-refractivity contribution in [3.8, 4) is 11.5 Å². The van der Waals surface area contributed by atoms with E-state index in [-0.39, 0.29) is 0 Å². The van der Waals surface area contributed by atoms with Gasteiger partial charge < -0.3 is 20.5 Å². The number of aliphatic imine (C=N–C) groups is 1. The summed E-state index contributed by atoms with van der Waals surface area (Å²) in [6.07, 6.45) is 0.999. The molecule has 0 unspecified atom stereocenters. The van der Waals surface area contributed by atoms with Gasteiger partial charge in [-0.25, -0.2) is 4.99 Å². The molecule has 1 aromatic rings. The van der Waals surface area contributed by atoms with Gasteiger partial charge in [-0.3, -0.25) is 0 Å². The summed E-state index contributed by atoms with van der Waals surface area (Å²) in [7, 11) is 3.27. The van der Waals surface area contributed by atoms with Gasteiger partial charge in [-0.1, -0.05) is 6.92 Å². The SMILES string of the molecule is CC[C@H](C)NC(N)=NCc1cc(OC)ccc1OC. The Labute approximate surface area is 114 Å². The summed E-state index contributed by atoms with van der Waals surface area (Å²) in [5.74, 6) is 2.00. The molecule has 0 aliphatic heterocycles. The molecule has 1 aromatic carbocycles. The van der Waals surface area contributed by atoms with E-state index in [1.165, 1.54) is 0 Å². The highest BCUT2D eigenvalue weighted by Gasteiger charge is 2.05. The fourth-order valence-corrected chi connectivity index (χ4v) is 1.58. The number of rotatable bonds is 6. The Morgan fingerprint density at radius 2 is 2.11 bits per heavy atom. The van der Waals surface area contributed by atoms with Crippen LogP contribution in [-0.2, 0) is 6.54 Å². The molecule has 5 heteroatoms. The van der Waals surface area contributed by atoms with Crippen molar-refractivity contribution in [1.82, 2.24) is 5.32 Å². The van der Waals surface area contributed by atoms with Crippen LogP contribution in [0.5, 0.6) is 11.5 Å². The van der Waals surface area contributed by atoms with Crippen LogP contribution in [0.25, 0.3) is 0 Å². The minimum atomic E-state index is 0.316. The summed E-state index contributed by atoms with van der Waals surface area (Å²) in [5.41, 5.74) is 6.77. The lowest BCUT2D eigenvalue weighted by atomic mass is 10.2. The Hall–Kier alpha value is -1.91. The number of guanidine groups is 1. The van der Waals surface area contributed by atoms with E-state index in [0.717, 1.165) is 23.5 Å². The number of nitrogens with zero attached hydrogens (tertiary/aromatic N) is 1. The van der Waals surface area contributed by atoms with Gasteiger partial charge in [-0.2, -0.15) is 0 Å². The van der Waals surface area contributed by atoms with Gasteiger partial charge in [0.25, 0.3) is 0 Å². The van der Waals surface area contributed by atoms with E-state index >= 15 is 0 Å². The van der Waals surface area contributed by atoms with Crippen molar-refractivity contribution in [2.75, 3.05) is 14.2 Å². The third-order valence-corrected chi connectivity index (χ3v) is 2.91. The zero-order valence-electron chi connectivity index (χ0n) is 12.1. The first-order chi connectivity index (χ1) is 9.10. The second-order valence-electron chi connectivity index (χ2n) is 4.33. The van der Waals surface area contributed by atoms with Crippen LogP contribution in [0.3, 0.4) is 0 Å². The van der Waals surface area contributed by atoms with Crippen LogP contribution in [0, 0.1) is 0 Å². The van der Waals surface area contributed by atoms with Gasteiger partial charge in [0.15, 0.2) is 5.96 Å². The monoisotopic (exact) mass is 265 g/mol. The van der Waals surface area contributed by atoms with Crippen LogP contribution in [-0.4, -0.2) is 26.2 Å². The third-order valence-electron chi connectivity index (χ3n) is 2.91. The van der Waals surface area contributed by atoms with Crippen molar-refractivity contribution in [3.05, 3.63) is 23.8 Å². The first kappa shape index (κ1) is 15.1. The molecule has 106 valence electrons. The Morgan fingerprint density at radius 3 is 2.68 bits per heavy atom. The number of nitrogens with one attached hydrogen (secondary N) is 1. The van der Waals surface area contributed by atoms with Crippen LogP contribution in [0.1, 0.15) is 25.8 Å². The van der Waals surface area contributed by atoms with Gasteiger partial charge in [0.2, 0.25) is 0 Å². The predicted octanol–water partition coefficient (Wildman–Crippen LogP) is 1.91. The van der Waals surface area contributed by atoms with Crippen molar-refractivity contribution >= 4 is 5.96 Å². The fraction of sp³-hybridized carbons (Fsp3) is 0.500. The predicted molar refractivity (Wildman–Crippen MR) is 77.8 cm³/mol. The molecule has 0 spiro atoms. The van der Waals surface area contributed by atoms with Crippen molar-refractivity contribution in [3.63, 3.8) is 0 Å². The molecule has 1 rings (SSSR count). The number of ether oxygens (including phenoxy) is 2. The summed E-state index contributed by atoms with van der Waals surface area (Å²) in [5, 5.41) is 3.12. The molecular formula is C14H23N3O2. The molecule has 5 nitrogen and oxygen atoms in total. The zero-order chi connectivity index (χ0) is 14.3. The van der Waals surface area contributed by atoms with Crippen molar-refractivity contribution in [1.29, 1.82) is 0 Å². The summed E-state index contributed by atoms with van der Waals surface area (Å²) in [6.45, 7) is 4.61.